The van der Waals surface area contributed by atoms with Gasteiger partial charge in [0.1, 0.15) is 11.9 Å². The predicted octanol–water partition coefficient (Wildman–Crippen LogP) is 3.98. The van der Waals surface area contributed by atoms with E-state index in [9.17, 15) is 18.8 Å². The number of methoxy groups -OCH3 is 1. The van der Waals surface area contributed by atoms with Gasteiger partial charge < -0.3 is 25.2 Å². The first-order chi connectivity index (χ1) is 16.4. The Hall–Kier alpha value is -3.17. The van der Waals surface area contributed by atoms with E-state index >= 15 is 0 Å². The van der Waals surface area contributed by atoms with Crippen LogP contribution in [0.4, 0.5) is 20.6 Å². The lowest BCUT2D eigenvalue weighted by molar-refractivity contribution is -0.119. The Kier molecular flexibility index (Phi) is 7.33. The molecule has 0 aliphatic carbocycles. The van der Waals surface area contributed by atoms with Crippen LogP contribution in [0.1, 0.15) is 29.6 Å². The summed E-state index contributed by atoms with van der Waals surface area (Å²) in [4.78, 5) is 41.4. The monoisotopic (exact) mass is 488 g/mol. The van der Waals surface area contributed by atoms with Crippen LogP contribution in [0, 0.1) is 5.82 Å². The van der Waals surface area contributed by atoms with Gasteiger partial charge in [0.2, 0.25) is 5.91 Å². The van der Waals surface area contributed by atoms with Gasteiger partial charge in [-0.25, -0.2) is 9.18 Å². The highest BCUT2D eigenvalue weighted by Gasteiger charge is 2.40. The Bertz CT molecular complexity index is 1080. The van der Waals surface area contributed by atoms with E-state index < -0.39 is 23.8 Å². The number of carbonyl (C=O) groups is 3. The average Bonchev–Trinajstić information content (AvgIpc) is 3.52. The highest BCUT2D eigenvalue weighted by Crippen LogP contribution is 2.25. The standard InChI is InChI=1S/C24H26ClFN4O4/c1-34-18-13-21(30(14-18)24(33)27-17-7-5-16(25)6-8-17)22(31)28-20-9-4-15(12-19(20)26)23(32)29-10-2-3-11-29/h4-9,12,18,21H,2-3,10-11,13-14H2,1H3,(H,27,33)(H,28,31)/t18-,21-/m1/s1. The summed E-state index contributed by atoms with van der Waals surface area (Å²) in [7, 11) is 1.51. The summed E-state index contributed by atoms with van der Waals surface area (Å²) in [5.41, 5.74) is 0.710. The van der Waals surface area contributed by atoms with Crippen molar-refractivity contribution in [3.63, 3.8) is 0 Å². The number of anilines is 2. The van der Waals surface area contributed by atoms with E-state index in [1.54, 1.807) is 29.2 Å². The number of hydrogen-bond acceptors (Lipinski definition) is 4. The first kappa shape index (κ1) is 24.0. The van der Waals surface area contributed by atoms with E-state index in [2.05, 4.69) is 10.6 Å². The highest BCUT2D eigenvalue weighted by molar-refractivity contribution is 6.30. The minimum absolute atomic E-state index is 0.0538. The normalized spacial score (nSPS) is 19.9. The maximum Gasteiger partial charge on any atom is 0.322 e. The number of carbonyl (C=O) groups excluding carboxylic acids is 3. The van der Waals surface area contributed by atoms with Crippen molar-refractivity contribution in [3.8, 4) is 0 Å². The fourth-order valence-electron chi connectivity index (χ4n) is 4.24. The second-order valence-electron chi connectivity index (χ2n) is 8.38. The molecule has 2 saturated heterocycles. The number of rotatable bonds is 5. The second kappa shape index (κ2) is 10.4. The van der Waals surface area contributed by atoms with Gasteiger partial charge in [-0.2, -0.15) is 0 Å². The quantitative estimate of drug-likeness (QED) is 0.666. The van der Waals surface area contributed by atoms with Gasteiger partial charge in [-0.05, 0) is 55.3 Å². The average molecular weight is 489 g/mol. The second-order valence-corrected chi connectivity index (χ2v) is 8.82. The largest absolute Gasteiger partial charge is 0.380 e. The fraction of sp³-hybridized carbons (Fsp3) is 0.375. The molecule has 2 aromatic rings. The van der Waals surface area contributed by atoms with E-state index in [1.807, 2.05) is 0 Å². The van der Waals surface area contributed by atoms with E-state index in [0.29, 0.717) is 23.8 Å². The van der Waals surface area contributed by atoms with Crippen molar-refractivity contribution in [1.82, 2.24) is 9.80 Å². The first-order valence-corrected chi connectivity index (χ1v) is 11.5. The molecule has 34 heavy (non-hydrogen) atoms. The Morgan fingerprint density at radius 2 is 1.76 bits per heavy atom. The van der Waals surface area contributed by atoms with Crippen molar-refractivity contribution in [3.05, 3.63) is 58.9 Å². The van der Waals surface area contributed by atoms with Crippen molar-refractivity contribution in [1.29, 1.82) is 0 Å². The van der Waals surface area contributed by atoms with Gasteiger partial charge in [0.25, 0.3) is 5.91 Å². The van der Waals surface area contributed by atoms with E-state index in [4.69, 9.17) is 16.3 Å². The van der Waals surface area contributed by atoms with Gasteiger partial charge in [-0.1, -0.05) is 11.6 Å². The first-order valence-electron chi connectivity index (χ1n) is 11.1. The van der Waals surface area contributed by atoms with Crippen molar-refractivity contribution < 1.29 is 23.5 Å². The number of amides is 4. The smallest absolute Gasteiger partial charge is 0.322 e. The lowest BCUT2D eigenvalue weighted by Gasteiger charge is -2.24. The lowest BCUT2D eigenvalue weighted by atomic mass is 10.1. The molecule has 2 atom stereocenters. The maximum atomic E-state index is 14.7. The molecule has 8 nitrogen and oxygen atoms in total. The van der Waals surface area contributed by atoms with Gasteiger partial charge in [-0.15, -0.1) is 0 Å². The van der Waals surface area contributed by atoms with Gasteiger partial charge >= 0.3 is 6.03 Å². The molecule has 4 amide bonds. The molecule has 0 unspecified atom stereocenters. The Morgan fingerprint density at radius 3 is 2.41 bits per heavy atom. The molecule has 2 aliphatic heterocycles. The van der Waals surface area contributed by atoms with Crippen molar-refractivity contribution in [2.45, 2.75) is 31.4 Å². The van der Waals surface area contributed by atoms with Crippen LogP contribution in [0.3, 0.4) is 0 Å². The van der Waals surface area contributed by atoms with E-state index in [1.165, 1.54) is 24.1 Å². The van der Waals surface area contributed by atoms with Crippen molar-refractivity contribution in [2.24, 2.45) is 0 Å². The summed E-state index contributed by atoms with van der Waals surface area (Å²) < 4.78 is 20.1. The molecule has 2 heterocycles. The third kappa shape index (κ3) is 5.31. The molecule has 2 fully saturated rings. The van der Waals surface area contributed by atoms with E-state index in [-0.39, 0.29) is 36.2 Å². The lowest BCUT2D eigenvalue weighted by Crippen LogP contribution is -2.45. The van der Waals surface area contributed by atoms with Crippen LogP contribution in [0.5, 0.6) is 0 Å². The zero-order valence-corrected chi connectivity index (χ0v) is 19.5. The molecule has 4 rings (SSSR count). The summed E-state index contributed by atoms with van der Waals surface area (Å²) >= 11 is 5.88. The molecule has 0 radical (unpaired) electrons. The zero-order chi connectivity index (χ0) is 24.2. The van der Waals surface area contributed by atoms with Gasteiger partial charge in [-0.3, -0.25) is 9.59 Å². The van der Waals surface area contributed by atoms with Crippen LogP contribution in [0.15, 0.2) is 42.5 Å². The molecular formula is C24H26ClFN4O4. The topological polar surface area (TPSA) is 91.0 Å². The van der Waals surface area contributed by atoms with Gasteiger partial charge in [0, 0.05) is 49.4 Å². The molecule has 10 heteroatoms. The Labute approximate surface area is 202 Å². The summed E-state index contributed by atoms with van der Waals surface area (Å²) in [5, 5.41) is 5.83. The Morgan fingerprint density at radius 1 is 1.06 bits per heavy atom. The van der Waals surface area contributed by atoms with Crippen LogP contribution in [-0.4, -0.2) is 66.5 Å². The number of benzene rings is 2. The van der Waals surface area contributed by atoms with Crippen molar-refractivity contribution in [2.75, 3.05) is 37.4 Å². The number of ether oxygens (including phenoxy) is 1. The summed E-state index contributed by atoms with van der Waals surface area (Å²) in [6.07, 6.45) is 1.81. The van der Waals surface area contributed by atoms with Gasteiger partial charge in [0.05, 0.1) is 11.8 Å². The van der Waals surface area contributed by atoms with Crippen LogP contribution in [-0.2, 0) is 9.53 Å². The number of urea groups is 1. The summed E-state index contributed by atoms with van der Waals surface area (Å²) in [5.74, 6) is -1.47. The predicted molar refractivity (Wildman–Crippen MR) is 127 cm³/mol. The fourth-order valence-corrected chi connectivity index (χ4v) is 4.36. The molecule has 0 bridgehead atoms. The Balaban J connectivity index is 1.45. The number of nitrogens with zero attached hydrogens (tertiary/aromatic N) is 2. The molecule has 0 saturated carbocycles. The third-order valence-corrected chi connectivity index (χ3v) is 6.37. The van der Waals surface area contributed by atoms with Crippen molar-refractivity contribution >= 4 is 40.8 Å². The van der Waals surface area contributed by atoms with Crippen LogP contribution in [0.2, 0.25) is 5.02 Å². The number of likely N-dealkylation sites (tertiary alicyclic amines) is 2. The van der Waals surface area contributed by atoms with E-state index in [0.717, 1.165) is 18.9 Å². The number of hydrogen-bond donors (Lipinski definition) is 2. The number of nitrogens with one attached hydrogen (secondary N) is 2. The molecule has 180 valence electrons. The molecule has 0 spiro atoms. The highest BCUT2D eigenvalue weighted by atomic mass is 35.5. The third-order valence-electron chi connectivity index (χ3n) is 6.12. The summed E-state index contributed by atoms with van der Waals surface area (Å²) in [6, 6.07) is 9.26. The minimum Gasteiger partial charge on any atom is -0.380 e. The SMILES string of the molecule is CO[C@@H]1C[C@H](C(=O)Nc2ccc(C(=O)N3CCCC3)cc2F)N(C(=O)Nc2ccc(Cl)cc2)C1. The van der Waals surface area contributed by atoms with Crippen LogP contribution in [0.25, 0.3) is 0 Å². The molecule has 2 N–H and O–H groups in total. The number of halogens is 2. The molecule has 2 aromatic carbocycles. The molecule has 0 aromatic heterocycles. The maximum absolute atomic E-state index is 14.7. The van der Waals surface area contributed by atoms with Gasteiger partial charge in [0.15, 0.2) is 0 Å². The minimum atomic E-state index is -0.859. The molecule has 2 aliphatic rings. The van der Waals surface area contributed by atoms with Crippen LogP contribution >= 0.6 is 11.6 Å². The summed E-state index contributed by atoms with van der Waals surface area (Å²) in [6.45, 7) is 1.53. The van der Waals surface area contributed by atoms with Crippen LogP contribution < -0.4 is 10.6 Å². The molecular weight excluding hydrogens is 463 g/mol. The zero-order valence-electron chi connectivity index (χ0n) is 18.7.